The molecule has 0 amide bonds. The van der Waals surface area contributed by atoms with E-state index in [0.717, 1.165) is 5.56 Å². The van der Waals surface area contributed by atoms with Crippen LogP contribution in [-0.4, -0.2) is 4.98 Å². The first kappa shape index (κ1) is 19.4. The van der Waals surface area contributed by atoms with E-state index in [1.807, 2.05) is 60.1 Å². The molecular weight excluding hydrogens is 420 g/mol. The van der Waals surface area contributed by atoms with Gasteiger partial charge in [-0.25, -0.2) is 0 Å². The van der Waals surface area contributed by atoms with Crippen molar-refractivity contribution in [3.8, 4) is 39.4 Å². The number of fused-ring (bicyclic) bond motifs is 3. The number of rotatable bonds is 3. The van der Waals surface area contributed by atoms with Gasteiger partial charge in [-0.1, -0.05) is 72.8 Å². The molecule has 0 radical (unpaired) electrons. The molecule has 0 unspecified atom stereocenters. The average Bonchev–Trinajstić information content (AvgIpc) is 3.28. The van der Waals surface area contributed by atoms with E-state index in [4.69, 9.17) is 5.26 Å². The smallest absolute Gasteiger partial charge is 0.0991 e. The lowest BCUT2D eigenvalue weighted by atomic mass is 9.98. The van der Waals surface area contributed by atoms with E-state index in [2.05, 4.69) is 71.7 Å². The second-order valence-corrected chi connectivity index (χ2v) is 8.99. The molecule has 0 fully saturated rings. The van der Waals surface area contributed by atoms with Crippen LogP contribution in [0.4, 0.5) is 0 Å². The van der Waals surface area contributed by atoms with Crippen molar-refractivity contribution < 1.29 is 0 Å². The van der Waals surface area contributed by atoms with Crippen LogP contribution < -0.4 is 0 Å². The first-order chi connectivity index (χ1) is 16.3. The van der Waals surface area contributed by atoms with Gasteiger partial charge in [-0.05, 0) is 57.6 Å². The van der Waals surface area contributed by atoms with Gasteiger partial charge in [0.1, 0.15) is 0 Å². The van der Waals surface area contributed by atoms with Crippen molar-refractivity contribution in [2.24, 2.45) is 0 Å². The van der Waals surface area contributed by atoms with Gasteiger partial charge in [-0.3, -0.25) is 4.98 Å². The Morgan fingerprint density at radius 1 is 0.545 bits per heavy atom. The normalized spacial score (nSPS) is 11.0. The molecule has 0 aliphatic heterocycles. The van der Waals surface area contributed by atoms with Gasteiger partial charge in [-0.2, -0.15) is 5.26 Å². The highest BCUT2D eigenvalue weighted by Crippen LogP contribution is 2.43. The summed E-state index contributed by atoms with van der Waals surface area (Å²) < 4.78 is 2.57. The molecular formula is C30H18N2S. The summed E-state index contributed by atoms with van der Waals surface area (Å²) in [6.07, 6.45) is 3.65. The maximum Gasteiger partial charge on any atom is 0.0991 e. The van der Waals surface area contributed by atoms with Crippen LogP contribution in [0.15, 0.2) is 109 Å². The number of aromatic nitrogens is 1. The van der Waals surface area contributed by atoms with Gasteiger partial charge in [-0.15, -0.1) is 11.3 Å². The molecule has 0 aliphatic carbocycles. The summed E-state index contributed by atoms with van der Waals surface area (Å²) in [4.78, 5) is 4.12. The second-order valence-electron chi connectivity index (χ2n) is 7.97. The van der Waals surface area contributed by atoms with Crippen LogP contribution in [0.3, 0.4) is 0 Å². The molecule has 0 bridgehead atoms. The third-order valence-electron chi connectivity index (χ3n) is 6.06. The van der Waals surface area contributed by atoms with Crippen LogP contribution in [0.1, 0.15) is 5.56 Å². The molecule has 0 atom stereocenters. The topological polar surface area (TPSA) is 36.7 Å². The molecule has 2 aromatic heterocycles. The lowest BCUT2D eigenvalue weighted by molar-refractivity contribution is 1.33. The largest absolute Gasteiger partial charge is 0.265 e. The quantitative estimate of drug-likeness (QED) is 0.278. The third-order valence-corrected chi connectivity index (χ3v) is 7.35. The Labute approximate surface area is 196 Å². The molecule has 2 nitrogen and oxygen atoms in total. The van der Waals surface area contributed by atoms with Crippen LogP contribution in [0.5, 0.6) is 0 Å². The summed E-state index contributed by atoms with van der Waals surface area (Å²) in [5.74, 6) is 0. The summed E-state index contributed by atoms with van der Waals surface area (Å²) in [6.45, 7) is 0. The zero-order chi connectivity index (χ0) is 22.2. The van der Waals surface area contributed by atoms with E-state index in [-0.39, 0.29) is 0 Å². The van der Waals surface area contributed by atoms with Crippen LogP contribution in [-0.2, 0) is 0 Å². The third kappa shape index (κ3) is 3.38. The number of pyridine rings is 1. The van der Waals surface area contributed by atoms with E-state index in [9.17, 15) is 0 Å². The zero-order valence-electron chi connectivity index (χ0n) is 17.7. The van der Waals surface area contributed by atoms with Gasteiger partial charge >= 0.3 is 0 Å². The standard InChI is InChI=1S/C30H18N2S/c31-19-20-7-9-23(10-8-20)25-3-1-5-27-28-6-2-4-26(30(28)33-29(25)27)24-13-11-21(12-14-24)22-15-17-32-18-16-22/h1-18H. The van der Waals surface area contributed by atoms with Crippen molar-refractivity contribution in [3.05, 3.63) is 115 Å². The highest BCUT2D eigenvalue weighted by Gasteiger charge is 2.14. The number of thiophene rings is 1. The lowest BCUT2D eigenvalue weighted by Gasteiger charge is -2.06. The highest BCUT2D eigenvalue weighted by molar-refractivity contribution is 7.26. The van der Waals surface area contributed by atoms with Crippen molar-refractivity contribution in [1.82, 2.24) is 4.98 Å². The fourth-order valence-electron chi connectivity index (χ4n) is 4.39. The fourth-order valence-corrected chi connectivity index (χ4v) is 5.76. The van der Waals surface area contributed by atoms with Gasteiger partial charge < -0.3 is 0 Å². The molecule has 0 N–H and O–H groups in total. The summed E-state index contributed by atoms with van der Waals surface area (Å²) in [5, 5.41) is 11.7. The van der Waals surface area contributed by atoms with Crippen LogP contribution in [0.25, 0.3) is 53.6 Å². The maximum atomic E-state index is 9.14. The Balaban J connectivity index is 1.49. The molecule has 154 valence electrons. The average molecular weight is 439 g/mol. The minimum absolute atomic E-state index is 0.680. The minimum atomic E-state index is 0.680. The number of hydrogen-bond donors (Lipinski definition) is 0. The van der Waals surface area contributed by atoms with Gasteiger partial charge in [0.25, 0.3) is 0 Å². The van der Waals surface area contributed by atoms with Gasteiger partial charge in [0, 0.05) is 32.6 Å². The van der Waals surface area contributed by atoms with E-state index in [1.165, 1.54) is 48.0 Å². The predicted octanol–water partition coefficient (Wildman–Crippen LogP) is 8.32. The van der Waals surface area contributed by atoms with Crippen LogP contribution >= 0.6 is 11.3 Å². The summed E-state index contributed by atoms with van der Waals surface area (Å²) in [5.41, 5.74) is 7.84. The molecule has 0 saturated carbocycles. The number of nitriles is 1. The maximum absolute atomic E-state index is 9.14. The first-order valence-corrected chi connectivity index (χ1v) is 11.6. The number of benzene rings is 4. The Morgan fingerprint density at radius 2 is 1.03 bits per heavy atom. The van der Waals surface area contributed by atoms with E-state index in [1.54, 1.807) is 0 Å². The second kappa shape index (κ2) is 8.02. The zero-order valence-corrected chi connectivity index (χ0v) is 18.5. The monoisotopic (exact) mass is 438 g/mol. The molecule has 4 aromatic carbocycles. The fraction of sp³-hybridized carbons (Fsp3) is 0. The van der Waals surface area contributed by atoms with E-state index >= 15 is 0 Å². The SMILES string of the molecule is N#Cc1ccc(-c2cccc3c2sc2c(-c4ccc(-c5ccncc5)cc4)cccc23)cc1. The first-order valence-electron chi connectivity index (χ1n) is 10.8. The van der Waals surface area contributed by atoms with Crippen molar-refractivity contribution in [2.45, 2.75) is 0 Å². The summed E-state index contributed by atoms with van der Waals surface area (Å²) in [7, 11) is 0. The molecule has 0 saturated heterocycles. The molecule has 0 aliphatic rings. The summed E-state index contributed by atoms with van der Waals surface area (Å²) in [6, 6.07) is 36.0. The Kier molecular flexibility index (Phi) is 4.72. The van der Waals surface area contributed by atoms with Gasteiger partial charge in [0.05, 0.1) is 11.6 Å². The van der Waals surface area contributed by atoms with Crippen LogP contribution in [0, 0.1) is 11.3 Å². The Bertz CT molecular complexity index is 1640. The minimum Gasteiger partial charge on any atom is -0.265 e. The van der Waals surface area contributed by atoms with Gasteiger partial charge in [0.2, 0.25) is 0 Å². The van der Waals surface area contributed by atoms with E-state index in [0.29, 0.717) is 5.56 Å². The summed E-state index contributed by atoms with van der Waals surface area (Å²) >= 11 is 1.84. The molecule has 6 aromatic rings. The molecule has 0 spiro atoms. The Morgan fingerprint density at radius 3 is 1.58 bits per heavy atom. The molecule has 3 heteroatoms. The van der Waals surface area contributed by atoms with E-state index < -0.39 is 0 Å². The van der Waals surface area contributed by atoms with Crippen molar-refractivity contribution >= 4 is 31.5 Å². The lowest BCUT2D eigenvalue weighted by Crippen LogP contribution is -1.81. The molecule has 6 rings (SSSR count). The van der Waals surface area contributed by atoms with Crippen molar-refractivity contribution in [2.75, 3.05) is 0 Å². The molecule has 33 heavy (non-hydrogen) atoms. The number of nitrogens with zero attached hydrogens (tertiary/aromatic N) is 2. The highest BCUT2D eigenvalue weighted by atomic mass is 32.1. The number of hydrogen-bond acceptors (Lipinski definition) is 3. The van der Waals surface area contributed by atoms with Crippen molar-refractivity contribution in [1.29, 1.82) is 5.26 Å². The Hall–Kier alpha value is -4.26. The predicted molar refractivity (Wildman–Crippen MR) is 138 cm³/mol. The van der Waals surface area contributed by atoms with Crippen LogP contribution in [0.2, 0.25) is 0 Å². The van der Waals surface area contributed by atoms with Gasteiger partial charge in [0.15, 0.2) is 0 Å². The van der Waals surface area contributed by atoms with Crippen molar-refractivity contribution in [3.63, 3.8) is 0 Å². The molecule has 2 heterocycles.